The molecule has 0 bridgehead atoms. The molecule has 2 rings (SSSR count). The number of rotatable bonds is 3. The third kappa shape index (κ3) is 5.36. The molecule has 88 valence electrons. The van der Waals surface area contributed by atoms with Gasteiger partial charge in [-0.1, -0.05) is 60.3 Å². The van der Waals surface area contributed by atoms with E-state index in [1.165, 1.54) is 31.2 Å². The Labute approximate surface area is 107 Å². The van der Waals surface area contributed by atoms with Gasteiger partial charge in [-0.3, -0.25) is 0 Å². The minimum Gasteiger partial charge on any atom is -0.501 e. The van der Waals surface area contributed by atoms with Crippen LogP contribution in [0.5, 0.6) is 0 Å². The van der Waals surface area contributed by atoms with Crippen LogP contribution in [0.25, 0.3) is 0 Å². The molecule has 0 spiro atoms. The molecule has 1 fully saturated rings. The zero-order valence-corrected chi connectivity index (χ0v) is 11.4. The van der Waals surface area contributed by atoms with E-state index >= 15 is 0 Å². The second kappa shape index (κ2) is 7.50. The van der Waals surface area contributed by atoms with Gasteiger partial charge in [-0.25, -0.2) is 0 Å². The first-order chi connectivity index (χ1) is 7.72. The van der Waals surface area contributed by atoms with E-state index in [2.05, 4.69) is 34.6 Å². The standard InChI is InChI=1S/C10H11BrO.C4H8/c1-8(12-2)6-9-4-3-5-10(11)7-9;1-2-4-3-1/h3-5,7H,1,6H2,2H3;1-4H2. The van der Waals surface area contributed by atoms with Crippen molar-refractivity contribution in [1.82, 2.24) is 0 Å². The SMILES string of the molecule is C1CCC1.C=C(Cc1cccc(Br)c1)OC. The van der Waals surface area contributed by atoms with Gasteiger partial charge >= 0.3 is 0 Å². The first-order valence-electron chi connectivity index (χ1n) is 5.68. The Kier molecular flexibility index (Phi) is 6.24. The van der Waals surface area contributed by atoms with Crippen molar-refractivity contribution in [3.63, 3.8) is 0 Å². The molecule has 0 heterocycles. The quantitative estimate of drug-likeness (QED) is 0.730. The van der Waals surface area contributed by atoms with Crippen molar-refractivity contribution in [1.29, 1.82) is 0 Å². The van der Waals surface area contributed by atoms with Crippen LogP contribution in [0.1, 0.15) is 31.2 Å². The lowest BCUT2D eigenvalue weighted by atomic mass is 10.0. The lowest BCUT2D eigenvalue weighted by molar-refractivity contribution is 0.285. The van der Waals surface area contributed by atoms with Gasteiger partial charge < -0.3 is 4.74 Å². The van der Waals surface area contributed by atoms with Crippen LogP contribution in [-0.2, 0) is 11.2 Å². The molecule has 1 aliphatic carbocycles. The van der Waals surface area contributed by atoms with Crippen LogP contribution in [0, 0.1) is 0 Å². The summed E-state index contributed by atoms with van der Waals surface area (Å²) in [6.07, 6.45) is 6.77. The highest BCUT2D eigenvalue weighted by molar-refractivity contribution is 9.10. The van der Waals surface area contributed by atoms with Gasteiger partial charge in [-0.15, -0.1) is 0 Å². The molecular formula is C14H19BrO. The van der Waals surface area contributed by atoms with E-state index in [0.717, 1.165) is 16.7 Å². The van der Waals surface area contributed by atoms with Gasteiger partial charge in [0, 0.05) is 10.9 Å². The maximum absolute atomic E-state index is 4.98. The van der Waals surface area contributed by atoms with Crippen LogP contribution in [-0.4, -0.2) is 7.11 Å². The van der Waals surface area contributed by atoms with Crippen LogP contribution in [0.3, 0.4) is 0 Å². The molecule has 0 N–H and O–H groups in total. The largest absolute Gasteiger partial charge is 0.501 e. The summed E-state index contributed by atoms with van der Waals surface area (Å²) in [6, 6.07) is 8.11. The van der Waals surface area contributed by atoms with Gasteiger partial charge in [0.25, 0.3) is 0 Å². The maximum atomic E-state index is 4.98. The zero-order valence-electron chi connectivity index (χ0n) is 9.84. The highest BCUT2D eigenvalue weighted by Gasteiger charge is 1.96. The smallest absolute Gasteiger partial charge is 0.0927 e. The second-order valence-corrected chi connectivity index (χ2v) is 4.88. The Morgan fingerprint density at radius 2 is 1.94 bits per heavy atom. The molecule has 1 saturated carbocycles. The topological polar surface area (TPSA) is 9.23 Å². The van der Waals surface area contributed by atoms with E-state index in [0.29, 0.717) is 0 Å². The first kappa shape index (κ1) is 13.3. The van der Waals surface area contributed by atoms with Crippen molar-refractivity contribution in [2.24, 2.45) is 0 Å². The number of benzene rings is 1. The fourth-order valence-electron chi connectivity index (χ4n) is 1.20. The van der Waals surface area contributed by atoms with Crippen LogP contribution in [0.2, 0.25) is 0 Å². The molecule has 0 aromatic heterocycles. The predicted octanol–water partition coefficient (Wildman–Crippen LogP) is 4.71. The van der Waals surface area contributed by atoms with Crippen molar-refractivity contribution in [2.75, 3.05) is 7.11 Å². The molecule has 1 aromatic rings. The van der Waals surface area contributed by atoms with Gasteiger partial charge in [0.05, 0.1) is 12.9 Å². The van der Waals surface area contributed by atoms with Crippen LogP contribution in [0.4, 0.5) is 0 Å². The normalized spacial score (nSPS) is 13.1. The Morgan fingerprint density at radius 1 is 1.31 bits per heavy atom. The van der Waals surface area contributed by atoms with E-state index in [4.69, 9.17) is 4.74 Å². The number of ether oxygens (including phenoxy) is 1. The molecule has 0 saturated heterocycles. The van der Waals surface area contributed by atoms with Crippen molar-refractivity contribution in [3.8, 4) is 0 Å². The van der Waals surface area contributed by atoms with E-state index in [1.54, 1.807) is 7.11 Å². The van der Waals surface area contributed by atoms with Crippen LogP contribution >= 0.6 is 15.9 Å². The average Bonchev–Trinajstić information content (AvgIpc) is 2.15. The molecule has 16 heavy (non-hydrogen) atoms. The molecule has 0 amide bonds. The summed E-state index contributed by atoms with van der Waals surface area (Å²) in [4.78, 5) is 0. The summed E-state index contributed by atoms with van der Waals surface area (Å²) in [5.74, 6) is 0.785. The molecule has 2 heteroatoms. The highest BCUT2D eigenvalue weighted by atomic mass is 79.9. The summed E-state index contributed by atoms with van der Waals surface area (Å²) < 4.78 is 6.07. The highest BCUT2D eigenvalue weighted by Crippen LogP contribution is 2.15. The Morgan fingerprint density at radius 3 is 2.38 bits per heavy atom. The summed E-state index contributed by atoms with van der Waals surface area (Å²) in [7, 11) is 1.64. The predicted molar refractivity (Wildman–Crippen MR) is 72.5 cm³/mol. The second-order valence-electron chi connectivity index (χ2n) is 3.96. The Balaban J connectivity index is 0.000000267. The summed E-state index contributed by atoms with van der Waals surface area (Å²) in [5.41, 5.74) is 1.20. The lowest BCUT2D eigenvalue weighted by Gasteiger charge is -2.05. The molecule has 1 nitrogen and oxygen atoms in total. The average molecular weight is 283 g/mol. The number of halogens is 1. The fraction of sp³-hybridized carbons (Fsp3) is 0.429. The van der Waals surface area contributed by atoms with Gasteiger partial charge in [0.15, 0.2) is 0 Å². The third-order valence-corrected chi connectivity index (χ3v) is 3.07. The number of allylic oxidation sites excluding steroid dienone is 1. The van der Waals surface area contributed by atoms with Crippen molar-refractivity contribution in [3.05, 3.63) is 46.6 Å². The van der Waals surface area contributed by atoms with E-state index in [1.807, 2.05) is 12.1 Å². The molecular weight excluding hydrogens is 264 g/mol. The molecule has 0 aliphatic heterocycles. The van der Waals surface area contributed by atoms with Crippen LogP contribution < -0.4 is 0 Å². The molecule has 1 aromatic carbocycles. The molecule has 0 unspecified atom stereocenters. The van der Waals surface area contributed by atoms with Crippen molar-refractivity contribution in [2.45, 2.75) is 32.1 Å². The fourth-order valence-corrected chi connectivity index (χ4v) is 1.64. The number of hydrogen-bond acceptors (Lipinski definition) is 1. The number of methoxy groups -OCH3 is 1. The molecule has 0 atom stereocenters. The van der Waals surface area contributed by atoms with Crippen molar-refractivity contribution < 1.29 is 4.74 Å². The van der Waals surface area contributed by atoms with E-state index < -0.39 is 0 Å². The number of hydrogen-bond donors (Lipinski definition) is 0. The van der Waals surface area contributed by atoms with Gasteiger partial charge in [0.2, 0.25) is 0 Å². The molecule has 0 radical (unpaired) electrons. The Hall–Kier alpha value is -0.760. The Bertz CT molecular complexity index is 325. The summed E-state index contributed by atoms with van der Waals surface area (Å²) in [6.45, 7) is 3.76. The van der Waals surface area contributed by atoms with E-state index in [-0.39, 0.29) is 0 Å². The monoisotopic (exact) mass is 282 g/mol. The summed E-state index contributed by atoms with van der Waals surface area (Å²) >= 11 is 3.40. The van der Waals surface area contributed by atoms with Crippen LogP contribution in [0.15, 0.2) is 41.1 Å². The maximum Gasteiger partial charge on any atom is 0.0927 e. The lowest BCUT2D eigenvalue weighted by Crippen LogP contribution is -1.90. The van der Waals surface area contributed by atoms with Gasteiger partial charge in [-0.2, -0.15) is 0 Å². The first-order valence-corrected chi connectivity index (χ1v) is 6.48. The molecule has 1 aliphatic rings. The van der Waals surface area contributed by atoms with E-state index in [9.17, 15) is 0 Å². The minimum absolute atomic E-state index is 0.774. The zero-order chi connectivity index (χ0) is 11.8. The summed E-state index contributed by atoms with van der Waals surface area (Å²) in [5, 5.41) is 0. The van der Waals surface area contributed by atoms with Crippen molar-refractivity contribution >= 4 is 15.9 Å². The third-order valence-electron chi connectivity index (χ3n) is 2.58. The minimum atomic E-state index is 0.774. The van der Waals surface area contributed by atoms with Gasteiger partial charge in [-0.05, 0) is 17.7 Å². The van der Waals surface area contributed by atoms with Gasteiger partial charge in [0.1, 0.15) is 0 Å².